The maximum Gasteiger partial charge on any atom is 0.326 e. The Morgan fingerprint density at radius 2 is 1.64 bits per heavy atom. The van der Waals surface area contributed by atoms with Crippen LogP contribution >= 0.6 is 0 Å². The zero-order valence-corrected chi connectivity index (χ0v) is 14.2. The average molecular weight is 359 g/mol. The Bertz CT molecular complexity index is 458. The van der Waals surface area contributed by atoms with E-state index < -0.39 is 29.9 Å². The topological polar surface area (TPSA) is 209 Å². The lowest BCUT2D eigenvalue weighted by Crippen LogP contribution is -2.52. The molecule has 0 fully saturated rings. The summed E-state index contributed by atoms with van der Waals surface area (Å²) in [5.74, 6) is -2.46. The van der Waals surface area contributed by atoms with Crippen molar-refractivity contribution < 1.29 is 19.5 Å². The fourth-order valence-electron chi connectivity index (χ4n) is 2.07. The summed E-state index contributed by atoms with van der Waals surface area (Å²) in [6.07, 6.45) is 2.18. The number of rotatable bonds is 13. The molecule has 0 saturated carbocycles. The van der Waals surface area contributed by atoms with E-state index in [4.69, 9.17) is 22.6 Å². The SMILES string of the molecule is N=C(N)NCCC[C@H](NC(=O)[C@H](CCCCN)NC(=O)CN)C(=O)O. The van der Waals surface area contributed by atoms with Gasteiger partial charge in [-0.05, 0) is 38.6 Å². The number of nitrogens with two attached hydrogens (primary N) is 3. The molecule has 0 unspecified atom stereocenters. The van der Waals surface area contributed by atoms with Gasteiger partial charge in [-0.2, -0.15) is 0 Å². The van der Waals surface area contributed by atoms with Gasteiger partial charge in [-0.3, -0.25) is 15.0 Å². The Balaban J connectivity index is 4.66. The molecule has 0 aromatic rings. The van der Waals surface area contributed by atoms with Crippen molar-refractivity contribution in [1.82, 2.24) is 16.0 Å². The fourth-order valence-corrected chi connectivity index (χ4v) is 2.07. The van der Waals surface area contributed by atoms with Crippen LogP contribution in [0.2, 0.25) is 0 Å². The van der Waals surface area contributed by atoms with E-state index in [2.05, 4.69) is 16.0 Å². The van der Waals surface area contributed by atoms with Crippen LogP contribution in [0.15, 0.2) is 0 Å². The first-order valence-electron chi connectivity index (χ1n) is 8.12. The molecular weight excluding hydrogens is 330 g/mol. The highest BCUT2D eigenvalue weighted by Gasteiger charge is 2.25. The van der Waals surface area contributed by atoms with Crippen molar-refractivity contribution >= 4 is 23.7 Å². The highest BCUT2D eigenvalue weighted by Crippen LogP contribution is 2.04. The van der Waals surface area contributed by atoms with Crippen molar-refractivity contribution in [3.05, 3.63) is 0 Å². The van der Waals surface area contributed by atoms with Gasteiger partial charge in [0.2, 0.25) is 11.8 Å². The Labute approximate surface area is 146 Å². The molecule has 0 heterocycles. The van der Waals surface area contributed by atoms with E-state index >= 15 is 0 Å². The van der Waals surface area contributed by atoms with Crippen LogP contribution < -0.4 is 33.2 Å². The minimum atomic E-state index is -1.18. The number of hydrogen-bond donors (Lipinski definition) is 8. The smallest absolute Gasteiger partial charge is 0.326 e. The summed E-state index contributed by atoms with van der Waals surface area (Å²) in [5, 5.41) is 23.7. The van der Waals surface area contributed by atoms with Gasteiger partial charge in [0.15, 0.2) is 5.96 Å². The summed E-state index contributed by atoms with van der Waals surface area (Å²) in [7, 11) is 0. The van der Waals surface area contributed by atoms with Crippen LogP contribution in [-0.2, 0) is 14.4 Å². The summed E-state index contributed by atoms with van der Waals surface area (Å²) < 4.78 is 0. The van der Waals surface area contributed by atoms with Crippen LogP contribution in [0.1, 0.15) is 32.1 Å². The highest BCUT2D eigenvalue weighted by molar-refractivity contribution is 5.90. The van der Waals surface area contributed by atoms with Gasteiger partial charge in [0.05, 0.1) is 6.54 Å². The molecule has 0 aliphatic rings. The lowest BCUT2D eigenvalue weighted by molar-refractivity contribution is -0.142. The number of aliphatic carboxylic acids is 1. The molecule has 0 spiro atoms. The second-order valence-corrected chi connectivity index (χ2v) is 5.49. The zero-order chi connectivity index (χ0) is 19.2. The molecule has 0 radical (unpaired) electrons. The molecule has 11 heteroatoms. The largest absolute Gasteiger partial charge is 0.480 e. The maximum atomic E-state index is 12.3. The zero-order valence-electron chi connectivity index (χ0n) is 14.2. The van der Waals surface area contributed by atoms with Crippen LogP contribution in [0.4, 0.5) is 0 Å². The van der Waals surface area contributed by atoms with E-state index in [-0.39, 0.29) is 18.9 Å². The fraction of sp³-hybridized carbons (Fsp3) is 0.714. The number of hydrogen-bond acceptors (Lipinski definition) is 6. The van der Waals surface area contributed by atoms with Crippen molar-refractivity contribution in [2.24, 2.45) is 17.2 Å². The number of carboxylic acids is 1. The van der Waals surface area contributed by atoms with E-state index in [1.165, 1.54) is 0 Å². The molecule has 0 rings (SSSR count). The third kappa shape index (κ3) is 10.9. The number of unbranched alkanes of at least 4 members (excludes halogenated alkanes) is 1. The maximum absolute atomic E-state index is 12.3. The van der Waals surface area contributed by atoms with Gasteiger partial charge in [-0.15, -0.1) is 0 Å². The van der Waals surface area contributed by atoms with Gasteiger partial charge in [-0.1, -0.05) is 0 Å². The van der Waals surface area contributed by atoms with Crippen molar-refractivity contribution in [2.45, 2.75) is 44.2 Å². The molecule has 144 valence electrons. The van der Waals surface area contributed by atoms with Crippen molar-refractivity contribution in [3.63, 3.8) is 0 Å². The van der Waals surface area contributed by atoms with Crippen LogP contribution in [0.25, 0.3) is 0 Å². The van der Waals surface area contributed by atoms with Crippen LogP contribution in [0.3, 0.4) is 0 Å². The molecule has 0 aromatic heterocycles. The first kappa shape index (κ1) is 22.6. The number of amides is 2. The van der Waals surface area contributed by atoms with E-state index in [1.54, 1.807) is 0 Å². The van der Waals surface area contributed by atoms with Gasteiger partial charge < -0.3 is 38.3 Å². The lowest BCUT2D eigenvalue weighted by Gasteiger charge is -2.21. The molecular formula is C14H29N7O4. The van der Waals surface area contributed by atoms with Gasteiger partial charge in [0.1, 0.15) is 12.1 Å². The van der Waals surface area contributed by atoms with Gasteiger partial charge in [0.25, 0.3) is 0 Å². The van der Waals surface area contributed by atoms with E-state index in [0.29, 0.717) is 38.8 Å². The minimum Gasteiger partial charge on any atom is -0.480 e. The number of carbonyl (C=O) groups is 3. The van der Waals surface area contributed by atoms with Crippen LogP contribution in [0, 0.1) is 5.41 Å². The quantitative estimate of drug-likeness (QED) is 0.0989. The van der Waals surface area contributed by atoms with Gasteiger partial charge >= 0.3 is 5.97 Å². The van der Waals surface area contributed by atoms with E-state index in [9.17, 15) is 19.5 Å². The lowest BCUT2D eigenvalue weighted by atomic mass is 10.1. The van der Waals surface area contributed by atoms with Crippen LogP contribution in [0.5, 0.6) is 0 Å². The predicted molar refractivity (Wildman–Crippen MR) is 92.6 cm³/mol. The average Bonchev–Trinajstić information content (AvgIpc) is 2.55. The molecule has 0 saturated heterocycles. The highest BCUT2D eigenvalue weighted by atomic mass is 16.4. The molecule has 2 amide bonds. The molecule has 11 N–H and O–H groups in total. The third-order valence-corrected chi connectivity index (χ3v) is 3.38. The number of carbonyl (C=O) groups excluding carboxylic acids is 2. The van der Waals surface area contributed by atoms with Crippen LogP contribution in [-0.4, -0.2) is 60.6 Å². The first-order valence-corrected chi connectivity index (χ1v) is 8.12. The molecule has 0 aliphatic heterocycles. The Morgan fingerprint density at radius 3 is 2.16 bits per heavy atom. The first-order chi connectivity index (χ1) is 11.8. The van der Waals surface area contributed by atoms with Gasteiger partial charge in [0, 0.05) is 6.54 Å². The predicted octanol–water partition coefficient (Wildman–Crippen LogP) is -2.61. The number of nitrogens with one attached hydrogen (secondary N) is 4. The van der Waals surface area contributed by atoms with Crippen molar-refractivity contribution in [2.75, 3.05) is 19.6 Å². The molecule has 25 heavy (non-hydrogen) atoms. The third-order valence-electron chi connectivity index (χ3n) is 3.38. The van der Waals surface area contributed by atoms with Crippen molar-refractivity contribution in [1.29, 1.82) is 5.41 Å². The molecule has 0 aromatic carbocycles. The summed E-state index contributed by atoms with van der Waals surface area (Å²) in [6, 6.07) is -1.96. The van der Waals surface area contributed by atoms with E-state index in [0.717, 1.165) is 0 Å². The summed E-state index contributed by atoms with van der Waals surface area (Å²) >= 11 is 0. The normalized spacial score (nSPS) is 12.7. The van der Waals surface area contributed by atoms with Crippen molar-refractivity contribution in [3.8, 4) is 0 Å². The molecule has 11 nitrogen and oxygen atoms in total. The second-order valence-electron chi connectivity index (χ2n) is 5.49. The Hall–Kier alpha value is -2.40. The summed E-state index contributed by atoms with van der Waals surface area (Å²) in [5.41, 5.74) is 15.8. The van der Waals surface area contributed by atoms with Gasteiger partial charge in [-0.25, -0.2) is 4.79 Å². The number of guanidine groups is 1. The second kappa shape index (κ2) is 13.0. The molecule has 2 atom stereocenters. The van der Waals surface area contributed by atoms with E-state index in [1.807, 2.05) is 0 Å². The molecule has 0 aliphatic carbocycles. The Morgan fingerprint density at radius 1 is 1.00 bits per heavy atom. The summed E-state index contributed by atoms with van der Waals surface area (Å²) in [6.45, 7) is 0.513. The minimum absolute atomic E-state index is 0.154. The monoisotopic (exact) mass is 359 g/mol. The molecule has 0 bridgehead atoms. The Kier molecular flexibility index (Phi) is 11.7. The number of carboxylic acid groups (broad SMARTS) is 1. The standard InChI is InChI=1S/C14H29N7O4/c15-6-2-1-4-9(20-11(22)8-16)12(23)21-10(13(24)25)5-3-7-19-14(17)18/h9-10H,1-8,15-16H2,(H,20,22)(H,21,23)(H,24,25)(H4,17,18,19)/t9-,10-/m0/s1. The summed E-state index contributed by atoms with van der Waals surface area (Å²) in [4.78, 5) is 35.1.